The number of halogens is 1. The number of anilines is 1. The van der Waals surface area contributed by atoms with E-state index in [2.05, 4.69) is 62.6 Å². The minimum Gasteiger partial charge on any atom is -0.325 e. The van der Waals surface area contributed by atoms with Crippen molar-refractivity contribution in [2.45, 2.75) is 25.4 Å². The highest BCUT2D eigenvalue weighted by Crippen LogP contribution is 2.25. The molecule has 4 rings (SSSR count). The van der Waals surface area contributed by atoms with Gasteiger partial charge in [-0.3, -0.25) is 9.36 Å². The first-order valence-electron chi connectivity index (χ1n) is 10.2. The number of aromatic nitrogens is 3. The molecule has 4 aromatic rings. The summed E-state index contributed by atoms with van der Waals surface area (Å²) in [6.07, 6.45) is 0.659. The van der Waals surface area contributed by atoms with Crippen LogP contribution in [0.2, 0.25) is 0 Å². The summed E-state index contributed by atoms with van der Waals surface area (Å²) in [4.78, 5) is 12.6. The summed E-state index contributed by atoms with van der Waals surface area (Å²) >= 11 is 4.87. The van der Waals surface area contributed by atoms with Crippen LogP contribution in [0.1, 0.15) is 22.5 Å². The molecule has 32 heavy (non-hydrogen) atoms. The third-order valence-electron chi connectivity index (χ3n) is 4.94. The lowest BCUT2D eigenvalue weighted by molar-refractivity contribution is -0.113. The summed E-state index contributed by atoms with van der Waals surface area (Å²) in [7, 11) is 0. The van der Waals surface area contributed by atoms with Crippen LogP contribution in [0.5, 0.6) is 0 Å². The number of amides is 1. The number of carbonyl (C=O) groups is 1. The van der Waals surface area contributed by atoms with Crippen molar-refractivity contribution in [2.75, 3.05) is 11.1 Å². The Bertz CT molecular complexity index is 1240. The number of thioether (sulfide) groups is 1. The first kappa shape index (κ1) is 22.3. The van der Waals surface area contributed by atoms with Crippen molar-refractivity contribution < 1.29 is 4.79 Å². The molecule has 7 heteroatoms. The van der Waals surface area contributed by atoms with E-state index in [1.54, 1.807) is 0 Å². The van der Waals surface area contributed by atoms with Crippen LogP contribution in [0.3, 0.4) is 0 Å². The van der Waals surface area contributed by atoms with Crippen molar-refractivity contribution in [1.29, 1.82) is 0 Å². The smallest absolute Gasteiger partial charge is 0.234 e. The fraction of sp³-hybridized carbons (Fsp3) is 0.160. The van der Waals surface area contributed by atoms with Crippen LogP contribution in [0, 0.1) is 13.8 Å². The number of benzene rings is 3. The predicted octanol–water partition coefficient (Wildman–Crippen LogP) is 5.97. The Kier molecular flexibility index (Phi) is 7.07. The van der Waals surface area contributed by atoms with Crippen LogP contribution in [0.15, 0.2) is 82.4 Å². The molecule has 0 spiro atoms. The van der Waals surface area contributed by atoms with Crippen molar-refractivity contribution in [2.24, 2.45) is 0 Å². The van der Waals surface area contributed by atoms with E-state index in [1.807, 2.05) is 60.0 Å². The van der Waals surface area contributed by atoms with Gasteiger partial charge in [-0.25, -0.2) is 0 Å². The molecule has 1 N–H and O–H groups in total. The van der Waals surface area contributed by atoms with Gasteiger partial charge in [0.1, 0.15) is 5.82 Å². The number of aryl methyl sites for hydroxylation is 2. The van der Waals surface area contributed by atoms with Gasteiger partial charge in [-0.1, -0.05) is 70.2 Å². The lowest BCUT2D eigenvalue weighted by Gasteiger charge is -2.11. The normalized spacial score (nSPS) is 10.8. The molecule has 0 saturated heterocycles. The maximum atomic E-state index is 12.6. The number of nitrogens with zero attached hydrogens (tertiary/aromatic N) is 3. The highest BCUT2D eigenvalue weighted by molar-refractivity contribution is 9.10. The van der Waals surface area contributed by atoms with E-state index < -0.39 is 0 Å². The molecule has 0 bridgehead atoms. The van der Waals surface area contributed by atoms with Crippen LogP contribution in [0.4, 0.5) is 5.69 Å². The SMILES string of the molecule is Cc1cccc(-n2c(Cc3ccccc3)nnc2SCC(=O)Nc2ccc(Br)c(C)c2)c1. The van der Waals surface area contributed by atoms with Crippen LogP contribution in [-0.4, -0.2) is 26.4 Å². The maximum Gasteiger partial charge on any atom is 0.234 e. The second-order valence-electron chi connectivity index (χ2n) is 7.54. The summed E-state index contributed by atoms with van der Waals surface area (Å²) in [5.74, 6) is 0.998. The molecular weight excluding hydrogens is 484 g/mol. The zero-order valence-corrected chi connectivity index (χ0v) is 20.3. The number of carbonyl (C=O) groups excluding carboxylic acids is 1. The monoisotopic (exact) mass is 506 g/mol. The van der Waals surface area contributed by atoms with Crippen molar-refractivity contribution in [3.05, 3.63) is 99.8 Å². The van der Waals surface area contributed by atoms with Crippen LogP contribution in [-0.2, 0) is 11.2 Å². The fourth-order valence-electron chi connectivity index (χ4n) is 3.36. The average molecular weight is 507 g/mol. The standard InChI is InChI=1S/C25H23BrN4OS/c1-17-7-6-10-21(13-17)30-23(15-19-8-4-3-5-9-19)28-29-25(30)32-16-24(31)27-20-11-12-22(26)18(2)14-20/h3-14H,15-16H2,1-2H3,(H,27,31). The average Bonchev–Trinajstić information content (AvgIpc) is 3.18. The van der Waals surface area contributed by atoms with Crippen molar-refractivity contribution in [1.82, 2.24) is 14.8 Å². The fourth-order valence-corrected chi connectivity index (χ4v) is 4.38. The Morgan fingerprint density at radius 3 is 2.56 bits per heavy atom. The van der Waals surface area contributed by atoms with Gasteiger partial charge in [-0.05, 0) is 60.9 Å². The number of hydrogen-bond donors (Lipinski definition) is 1. The molecule has 5 nitrogen and oxygen atoms in total. The Morgan fingerprint density at radius 1 is 1.00 bits per heavy atom. The van der Waals surface area contributed by atoms with Crippen LogP contribution < -0.4 is 5.32 Å². The zero-order valence-electron chi connectivity index (χ0n) is 17.9. The van der Waals surface area contributed by atoms with E-state index in [1.165, 1.54) is 11.8 Å². The van der Waals surface area contributed by atoms with Crippen molar-refractivity contribution in [3.63, 3.8) is 0 Å². The Labute approximate surface area is 200 Å². The summed E-state index contributed by atoms with van der Waals surface area (Å²) in [5, 5.41) is 12.5. The minimum absolute atomic E-state index is 0.0832. The molecule has 0 atom stereocenters. The van der Waals surface area contributed by atoms with Gasteiger partial charge in [0, 0.05) is 22.3 Å². The second kappa shape index (κ2) is 10.1. The largest absolute Gasteiger partial charge is 0.325 e. The van der Waals surface area contributed by atoms with Gasteiger partial charge in [-0.15, -0.1) is 10.2 Å². The lowest BCUT2D eigenvalue weighted by atomic mass is 10.1. The minimum atomic E-state index is -0.0832. The molecule has 0 fully saturated rings. The first-order chi connectivity index (χ1) is 15.5. The van der Waals surface area contributed by atoms with Crippen molar-refractivity contribution >= 4 is 39.3 Å². The second-order valence-corrected chi connectivity index (χ2v) is 9.33. The van der Waals surface area contributed by atoms with Gasteiger partial charge in [0.25, 0.3) is 0 Å². The molecule has 0 aliphatic heterocycles. The molecule has 1 heterocycles. The molecule has 3 aromatic carbocycles. The number of hydrogen-bond acceptors (Lipinski definition) is 4. The van der Waals surface area contributed by atoms with Gasteiger partial charge in [-0.2, -0.15) is 0 Å². The highest BCUT2D eigenvalue weighted by Gasteiger charge is 2.16. The summed E-state index contributed by atoms with van der Waals surface area (Å²) in [5.41, 5.74) is 5.16. The number of nitrogens with one attached hydrogen (secondary N) is 1. The lowest BCUT2D eigenvalue weighted by Crippen LogP contribution is -2.14. The van der Waals surface area contributed by atoms with Crippen molar-refractivity contribution in [3.8, 4) is 5.69 Å². The van der Waals surface area contributed by atoms with E-state index in [0.29, 0.717) is 11.6 Å². The Balaban J connectivity index is 1.55. The van der Waals surface area contributed by atoms with E-state index in [-0.39, 0.29) is 11.7 Å². The topological polar surface area (TPSA) is 59.8 Å². The molecule has 0 unspecified atom stereocenters. The molecule has 0 aliphatic rings. The molecule has 162 valence electrons. The third kappa shape index (κ3) is 5.47. The molecule has 1 amide bonds. The Hall–Kier alpha value is -2.90. The summed E-state index contributed by atoms with van der Waals surface area (Å²) < 4.78 is 3.06. The molecular formula is C25H23BrN4OS. The predicted molar refractivity (Wildman–Crippen MR) is 134 cm³/mol. The first-order valence-corrected chi connectivity index (χ1v) is 12.0. The Morgan fingerprint density at radius 2 is 1.81 bits per heavy atom. The number of rotatable bonds is 7. The van der Waals surface area contributed by atoms with Crippen LogP contribution >= 0.6 is 27.7 Å². The van der Waals surface area contributed by atoms with Crippen LogP contribution in [0.25, 0.3) is 5.69 Å². The molecule has 0 saturated carbocycles. The van der Waals surface area contributed by atoms with Gasteiger partial charge in [0.2, 0.25) is 5.91 Å². The quantitative estimate of drug-likeness (QED) is 0.313. The zero-order chi connectivity index (χ0) is 22.5. The van der Waals surface area contributed by atoms with Gasteiger partial charge >= 0.3 is 0 Å². The highest BCUT2D eigenvalue weighted by atomic mass is 79.9. The summed E-state index contributed by atoms with van der Waals surface area (Å²) in [6, 6.07) is 24.2. The van der Waals surface area contributed by atoms with Gasteiger partial charge in [0.15, 0.2) is 5.16 Å². The third-order valence-corrected chi connectivity index (χ3v) is 6.76. The maximum absolute atomic E-state index is 12.6. The van der Waals surface area contributed by atoms with Gasteiger partial charge in [0.05, 0.1) is 5.75 Å². The molecule has 0 radical (unpaired) electrons. The van der Waals surface area contributed by atoms with E-state index >= 15 is 0 Å². The van der Waals surface area contributed by atoms with E-state index in [0.717, 1.165) is 38.4 Å². The summed E-state index contributed by atoms with van der Waals surface area (Å²) in [6.45, 7) is 4.05. The van der Waals surface area contributed by atoms with Gasteiger partial charge < -0.3 is 5.32 Å². The molecule has 0 aliphatic carbocycles. The molecule has 1 aromatic heterocycles. The van der Waals surface area contributed by atoms with E-state index in [9.17, 15) is 4.79 Å². The van der Waals surface area contributed by atoms with E-state index in [4.69, 9.17) is 0 Å².